The van der Waals surface area contributed by atoms with Gasteiger partial charge in [0.2, 0.25) is 0 Å². The zero-order valence-electron chi connectivity index (χ0n) is 13.2. The maximum atomic E-state index is 3.96. The van der Waals surface area contributed by atoms with E-state index in [1.54, 1.807) is 32.1 Å². The minimum absolute atomic E-state index is 0.911. The fraction of sp³-hybridized carbons (Fsp3) is 1.00. The Morgan fingerprint density at radius 3 is 2.15 bits per heavy atom. The normalized spacial score (nSPS) is 46.5. The second-order valence-corrected chi connectivity index (χ2v) is 8.37. The SMILES string of the molecule is C1CCC(C2CCC(C3NCC4CCCCC43)C2)CC1. The number of hydrogen-bond donors (Lipinski definition) is 1. The first-order valence-electron chi connectivity index (χ1n) is 9.65. The van der Waals surface area contributed by atoms with Crippen molar-refractivity contribution in [2.24, 2.45) is 29.6 Å². The highest BCUT2D eigenvalue weighted by Crippen LogP contribution is 2.47. The number of rotatable bonds is 2. The van der Waals surface area contributed by atoms with Crippen LogP contribution in [0.15, 0.2) is 0 Å². The van der Waals surface area contributed by atoms with E-state index in [0.29, 0.717) is 0 Å². The lowest BCUT2D eigenvalue weighted by molar-refractivity contribution is 0.207. The fourth-order valence-corrected chi connectivity index (χ4v) is 6.33. The third-order valence-corrected chi connectivity index (χ3v) is 7.38. The van der Waals surface area contributed by atoms with E-state index in [-0.39, 0.29) is 0 Å². The molecule has 1 aliphatic heterocycles. The maximum Gasteiger partial charge on any atom is 0.0127 e. The minimum atomic E-state index is 0.911. The lowest BCUT2D eigenvalue weighted by atomic mass is 9.74. The van der Waals surface area contributed by atoms with E-state index in [0.717, 1.165) is 35.6 Å². The van der Waals surface area contributed by atoms with E-state index < -0.39 is 0 Å². The van der Waals surface area contributed by atoms with Crippen LogP contribution in [0, 0.1) is 29.6 Å². The molecule has 20 heavy (non-hydrogen) atoms. The summed E-state index contributed by atoms with van der Waals surface area (Å²) >= 11 is 0. The Morgan fingerprint density at radius 2 is 1.25 bits per heavy atom. The van der Waals surface area contributed by atoms with Crippen LogP contribution in [-0.4, -0.2) is 12.6 Å². The van der Waals surface area contributed by atoms with E-state index in [1.165, 1.54) is 51.5 Å². The van der Waals surface area contributed by atoms with Gasteiger partial charge in [-0.15, -0.1) is 0 Å². The Hall–Kier alpha value is -0.0400. The zero-order valence-corrected chi connectivity index (χ0v) is 13.2. The van der Waals surface area contributed by atoms with Crippen LogP contribution in [0.25, 0.3) is 0 Å². The molecule has 3 saturated carbocycles. The van der Waals surface area contributed by atoms with Crippen LogP contribution in [0.5, 0.6) is 0 Å². The molecule has 4 rings (SSSR count). The van der Waals surface area contributed by atoms with Gasteiger partial charge in [-0.25, -0.2) is 0 Å². The summed E-state index contributed by atoms with van der Waals surface area (Å²) in [5.74, 6) is 5.35. The molecule has 4 aliphatic rings. The van der Waals surface area contributed by atoms with Crippen LogP contribution in [0.4, 0.5) is 0 Å². The molecule has 0 aromatic heterocycles. The highest BCUT2D eigenvalue weighted by atomic mass is 15.0. The van der Waals surface area contributed by atoms with E-state index in [1.807, 2.05) is 0 Å². The molecule has 114 valence electrons. The summed E-state index contributed by atoms with van der Waals surface area (Å²) in [5.41, 5.74) is 0. The van der Waals surface area contributed by atoms with Gasteiger partial charge in [0.15, 0.2) is 0 Å². The monoisotopic (exact) mass is 275 g/mol. The molecule has 1 heteroatoms. The van der Waals surface area contributed by atoms with Gasteiger partial charge in [-0.1, -0.05) is 44.9 Å². The number of nitrogens with one attached hydrogen (secondary N) is 1. The Morgan fingerprint density at radius 1 is 0.550 bits per heavy atom. The summed E-state index contributed by atoms with van der Waals surface area (Å²) in [6.45, 7) is 1.35. The predicted octanol–water partition coefficient (Wildman–Crippen LogP) is 4.76. The Kier molecular flexibility index (Phi) is 4.07. The third kappa shape index (κ3) is 2.56. The Labute approximate surface area is 125 Å². The summed E-state index contributed by atoms with van der Waals surface area (Å²) < 4.78 is 0. The first-order chi connectivity index (χ1) is 9.92. The Balaban J connectivity index is 1.36. The van der Waals surface area contributed by atoms with Gasteiger partial charge < -0.3 is 5.32 Å². The molecule has 0 bridgehead atoms. The van der Waals surface area contributed by atoms with Crippen molar-refractivity contribution in [3.8, 4) is 0 Å². The average molecular weight is 275 g/mol. The second-order valence-electron chi connectivity index (χ2n) is 8.37. The first kappa shape index (κ1) is 13.6. The first-order valence-corrected chi connectivity index (χ1v) is 9.65. The molecule has 1 heterocycles. The van der Waals surface area contributed by atoms with Gasteiger partial charge in [0.1, 0.15) is 0 Å². The van der Waals surface area contributed by atoms with E-state index in [4.69, 9.17) is 0 Å². The summed E-state index contributed by atoms with van der Waals surface area (Å²) in [6, 6.07) is 0.911. The van der Waals surface area contributed by atoms with Crippen molar-refractivity contribution in [1.29, 1.82) is 0 Å². The van der Waals surface area contributed by atoms with Gasteiger partial charge in [0.05, 0.1) is 0 Å². The average Bonchev–Trinajstić information content (AvgIpc) is 3.14. The molecule has 5 atom stereocenters. The standard InChI is InChI=1S/C19H33N/c1-2-6-14(7-3-1)15-10-11-16(12-15)19-18-9-5-4-8-17(18)13-20-19/h14-20H,1-13H2. The topological polar surface area (TPSA) is 12.0 Å². The van der Waals surface area contributed by atoms with Gasteiger partial charge in [0, 0.05) is 6.04 Å². The van der Waals surface area contributed by atoms with Crippen LogP contribution in [0.1, 0.15) is 77.0 Å². The molecule has 1 saturated heterocycles. The molecule has 0 spiro atoms. The van der Waals surface area contributed by atoms with Crippen molar-refractivity contribution in [3.05, 3.63) is 0 Å². The molecule has 3 aliphatic carbocycles. The van der Waals surface area contributed by atoms with E-state index in [9.17, 15) is 0 Å². The van der Waals surface area contributed by atoms with Gasteiger partial charge >= 0.3 is 0 Å². The second kappa shape index (κ2) is 5.99. The molecule has 0 aromatic carbocycles. The van der Waals surface area contributed by atoms with Crippen LogP contribution >= 0.6 is 0 Å². The van der Waals surface area contributed by atoms with Gasteiger partial charge in [-0.3, -0.25) is 0 Å². The van der Waals surface area contributed by atoms with Gasteiger partial charge in [0.25, 0.3) is 0 Å². The summed E-state index contributed by atoms with van der Waals surface area (Å²) in [6.07, 6.45) is 18.4. The molecule has 5 unspecified atom stereocenters. The van der Waals surface area contributed by atoms with Crippen LogP contribution < -0.4 is 5.32 Å². The molecule has 1 N–H and O–H groups in total. The molecule has 0 radical (unpaired) electrons. The summed E-state index contributed by atoms with van der Waals surface area (Å²) in [4.78, 5) is 0. The zero-order chi connectivity index (χ0) is 13.4. The molecule has 0 aromatic rings. The van der Waals surface area contributed by atoms with Crippen molar-refractivity contribution in [1.82, 2.24) is 5.32 Å². The van der Waals surface area contributed by atoms with Crippen molar-refractivity contribution in [3.63, 3.8) is 0 Å². The van der Waals surface area contributed by atoms with Gasteiger partial charge in [-0.05, 0) is 68.2 Å². The van der Waals surface area contributed by atoms with Crippen molar-refractivity contribution >= 4 is 0 Å². The Bertz CT molecular complexity index is 320. The van der Waals surface area contributed by atoms with Crippen LogP contribution in [0.3, 0.4) is 0 Å². The number of hydrogen-bond acceptors (Lipinski definition) is 1. The lowest BCUT2D eigenvalue weighted by Gasteiger charge is -2.32. The fourth-order valence-electron chi connectivity index (χ4n) is 6.33. The molecule has 1 nitrogen and oxygen atoms in total. The minimum Gasteiger partial charge on any atom is -0.313 e. The smallest absolute Gasteiger partial charge is 0.0127 e. The van der Waals surface area contributed by atoms with Crippen molar-refractivity contribution in [2.75, 3.05) is 6.54 Å². The summed E-state index contributed by atoms with van der Waals surface area (Å²) in [7, 11) is 0. The van der Waals surface area contributed by atoms with E-state index >= 15 is 0 Å². The van der Waals surface area contributed by atoms with Gasteiger partial charge in [-0.2, -0.15) is 0 Å². The molecular formula is C19H33N. The van der Waals surface area contributed by atoms with Crippen molar-refractivity contribution in [2.45, 2.75) is 83.1 Å². The highest BCUT2D eigenvalue weighted by Gasteiger charge is 2.44. The third-order valence-electron chi connectivity index (χ3n) is 7.38. The van der Waals surface area contributed by atoms with Crippen molar-refractivity contribution < 1.29 is 0 Å². The molecule has 0 amide bonds. The summed E-state index contributed by atoms with van der Waals surface area (Å²) in [5, 5.41) is 3.96. The van der Waals surface area contributed by atoms with Crippen LogP contribution in [0.2, 0.25) is 0 Å². The quantitative estimate of drug-likeness (QED) is 0.766. The lowest BCUT2D eigenvalue weighted by Crippen LogP contribution is -2.35. The highest BCUT2D eigenvalue weighted by molar-refractivity contribution is 4.98. The maximum absolute atomic E-state index is 3.96. The molecular weight excluding hydrogens is 242 g/mol. The van der Waals surface area contributed by atoms with Crippen LogP contribution in [-0.2, 0) is 0 Å². The largest absolute Gasteiger partial charge is 0.313 e. The van der Waals surface area contributed by atoms with E-state index in [2.05, 4.69) is 5.32 Å². The predicted molar refractivity (Wildman–Crippen MR) is 84.6 cm³/mol. The number of fused-ring (bicyclic) bond motifs is 1. The molecule has 4 fully saturated rings.